The Morgan fingerprint density at radius 1 is 1.46 bits per heavy atom. The predicted molar refractivity (Wildman–Crippen MR) is 50.4 cm³/mol. The lowest BCUT2D eigenvalue weighted by molar-refractivity contribution is -0.384. The van der Waals surface area contributed by atoms with Crippen LogP contribution in [-0.4, -0.2) is 4.92 Å². The number of halogens is 1. The van der Waals surface area contributed by atoms with Crippen molar-refractivity contribution in [2.24, 2.45) is 0 Å². The van der Waals surface area contributed by atoms with Crippen LogP contribution in [0.1, 0.15) is 10.4 Å². The largest absolute Gasteiger partial charge is 0.269 e. The molecular weight excluding hydrogens is 236 g/mol. The van der Waals surface area contributed by atoms with Crippen molar-refractivity contribution in [1.29, 1.82) is 5.26 Å². The molecule has 0 N–H and O–H groups in total. The first-order chi connectivity index (χ1) is 6.15. The van der Waals surface area contributed by atoms with Gasteiger partial charge in [0.25, 0.3) is 5.69 Å². The van der Waals surface area contributed by atoms with Crippen LogP contribution in [0.25, 0.3) is 0 Å². The summed E-state index contributed by atoms with van der Waals surface area (Å²) in [6.45, 7) is 0. The molecule has 4 nitrogen and oxygen atoms in total. The van der Waals surface area contributed by atoms with Crippen LogP contribution in [0.2, 0.25) is 0 Å². The zero-order chi connectivity index (χ0) is 9.84. The van der Waals surface area contributed by atoms with Crippen molar-refractivity contribution in [2.75, 3.05) is 0 Å². The standard InChI is InChI=1S/C8H5BrN2O2/c9-8(5-10)6-1-3-7(4-2-6)11(12)13/h1-4,8H. The van der Waals surface area contributed by atoms with Crippen molar-refractivity contribution in [3.8, 4) is 6.07 Å². The Morgan fingerprint density at radius 3 is 2.38 bits per heavy atom. The summed E-state index contributed by atoms with van der Waals surface area (Å²) in [5, 5.41) is 18.8. The van der Waals surface area contributed by atoms with Gasteiger partial charge in [-0.15, -0.1) is 0 Å². The van der Waals surface area contributed by atoms with Crippen LogP contribution in [0.15, 0.2) is 24.3 Å². The Bertz CT molecular complexity index is 355. The van der Waals surface area contributed by atoms with Gasteiger partial charge in [-0.25, -0.2) is 0 Å². The Balaban J connectivity index is 2.95. The summed E-state index contributed by atoms with van der Waals surface area (Å²) >= 11 is 3.12. The van der Waals surface area contributed by atoms with Gasteiger partial charge in [0, 0.05) is 12.1 Å². The molecule has 0 saturated carbocycles. The van der Waals surface area contributed by atoms with Gasteiger partial charge in [0.1, 0.15) is 4.83 Å². The third-order valence-corrected chi connectivity index (χ3v) is 2.24. The molecule has 0 saturated heterocycles. The molecule has 1 rings (SSSR count). The molecule has 0 aromatic heterocycles. The summed E-state index contributed by atoms with van der Waals surface area (Å²) in [5.74, 6) is 0. The Labute approximate surface area is 83.1 Å². The fourth-order valence-electron chi connectivity index (χ4n) is 0.840. The highest BCUT2D eigenvalue weighted by atomic mass is 79.9. The van der Waals surface area contributed by atoms with Crippen LogP contribution in [-0.2, 0) is 0 Å². The van der Waals surface area contributed by atoms with Crippen molar-refractivity contribution in [3.63, 3.8) is 0 Å². The summed E-state index contributed by atoms with van der Waals surface area (Å²) in [6, 6.07) is 7.84. The van der Waals surface area contributed by atoms with E-state index in [1.165, 1.54) is 12.1 Å². The lowest BCUT2D eigenvalue weighted by Crippen LogP contribution is -1.89. The van der Waals surface area contributed by atoms with Crippen LogP contribution in [0, 0.1) is 21.4 Å². The number of nitriles is 1. The minimum atomic E-state index is -0.473. The van der Waals surface area contributed by atoms with Gasteiger partial charge in [-0.2, -0.15) is 5.26 Å². The zero-order valence-corrected chi connectivity index (χ0v) is 8.06. The normalized spacial score (nSPS) is 11.7. The van der Waals surface area contributed by atoms with E-state index in [2.05, 4.69) is 15.9 Å². The van der Waals surface area contributed by atoms with Crippen molar-refractivity contribution in [1.82, 2.24) is 0 Å². The van der Waals surface area contributed by atoms with E-state index < -0.39 is 9.75 Å². The first-order valence-corrected chi connectivity index (χ1v) is 4.34. The average Bonchev–Trinajstić information content (AvgIpc) is 2.17. The summed E-state index contributed by atoms with van der Waals surface area (Å²) < 4.78 is 0. The smallest absolute Gasteiger partial charge is 0.258 e. The first-order valence-electron chi connectivity index (χ1n) is 3.43. The molecular formula is C8H5BrN2O2. The van der Waals surface area contributed by atoms with E-state index in [9.17, 15) is 10.1 Å². The number of nitro benzene ring substituents is 1. The molecule has 13 heavy (non-hydrogen) atoms. The molecule has 0 bridgehead atoms. The Hall–Kier alpha value is -1.41. The highest BCUT2D eigenvalue weighted by Crippen LogP contribution is 2.23. The summed E-state index contributed by atoms with van der Waals surface area (Å²) in [4.78, 5) is 9.40. The molecule has 0 aliphatic heterocycles. The molecule has 1 atom stereocenters. The molecule has 1 aromatic rings. The van der Waals surface area contributed by atoms with E-state index in [0.29, 0.717) is 5.56 Å². The van der Waals surface area contributed by atoms with Gasteiger partial charge in [0.15, 0.2) is 0 Å². The van der Waals surface area contributed by atoms with E-state index in [1.807, 2.05) is 6.07 Å². The third kappa shape index (κ3) is 2.26. The van der Waals surface area contributed by atoms with E-state index in [1.54, 1.807) is 12.1 Å². The zero-order valence-electron chi connectivity index (χ0n) is 6.48. The second kappa shape index (κ2) is 4.01. The molecule has 0 aliphatic rings. The highest BCUT2D eigenvalue weighted by Gasteiger charge is 2.08. The first kappa shape index (κ1) is 9.68. The number of nitro groups is 1. The number of hydrogen-bond acceptors (Lipinski definition) is 3. The lowest BCUT2D eigenvalue weighted by Gasteiger charge is -1.98. The molecule has 1 aromatic carbocycles. The number of non-ortho nitro benzene ring substituents is 1. The molecule has 0 radical (unpaired) electrons. The van der Waals surface area contributed by atoms with Crippen molar-refractivity contribution < 1.29 is 4.92 Å². The van der Waals surface area contributed by atoms with E-state index >= 15 is 0 Å². The second-order valence-corrected chi connectivity index (χ2v) is 3.26. The number of hydrogen-bond donors (Lipinski definition) is 0. The van der Waals surface area contributed by atoms with E-state index in [4.69, 9.17) is 5.26 Å². The topological polar surface area (TPSA) is 66.9 Å². The molecule has 66 valence electrons. The van der Waals surface area contributed by atoms with Crippen molar-refractivity contribution >= 4 is 21.6 Å². The maximum absolute atomic E-state index is 10.3. The maximum atomic E-state index is 10.3. The summed E-state index contributed by atoms with van der Waals surface area (Å²) in [5.41, 5.74) is 0.745. The minimum Gasteiger partial charge on any atom is -0.258 e. The van der Waals surface area contributed by atoms with Crippen LogP contribution in [0.5, 0.6) is 0 Å². The van der Waals surface area contributed by atoms with Gasteiger partial charge >= 0.3 is 0 Å². The molecule has 0 fully saturated rings. The van der Waals surface area contributed by atoms with Gasteiger partial charge in [-0.05, 0) is 5.56 Å². The van der Waals surface area contributed by atoms with Gasteiger partial charge < -0.3 is 0 Å². The Morgan fingerprint density at radius 2 is 2.00 bits per heavy atom. The van der Waals surface area contributed by atoms with Gasteiger partial charge in [-0.3, -0.25) is 10.1 Å². The fourth-order valence-corrected chi connectivity index (χ4v) is 1.14. The fraction of sp³-hybridized carbons (Fsp3) is 0.125. The van der Waals surface area contributed by atoms with Crippen LogP contribution in [0.4, 0.5) is 5.69 Å². The molecule has 5 heteroatoms. The highest BCUT2D eigenvalue weighted by molar-refractivity contribution is 9.09. The maximum Gasteiger partial charge on any atom is 0.269 e. The summed E-state index contributed by atoms with van der Waals surface area (Å²) in [7, 11) is 0. The monoisotopic (exact) mass is 240 g/mol. The summed E-state index contributed by atoms with van der Waals surface area (Å²) in [6.07, 6.45) is 0. The molecule has 0 aliphatic carbocycles. The third-order valence-electron chi connectivity index (χ3n) is 1.51. The van der Waals surface area contributed by atoms with Crippen LogP contribution in [0.3, 0.4) is 0 Å². The van der Waals surface area contributed by atoms with Gasteiger partial charge in [-0.1, -0.05) is 28.1 Å². The van der Waals surface area contributed by atoms with Crippen molar-refractivity contribution in [3.05, 3.63) is 39.9 Å². The number of alkyl halides is 1. The molecule has 0 amide bonds. The predicted octanol–water partition coefficient (Wildman–Crippen LogP) is 2.55. The van der Waals surface area contributed by atoms with Gasteiger partial charge in [0.2, 0.25) is 0 Å². The average molecular weight is 241 g/mol. The van der Waals surface area contributed by atoms with E-state index in [0.717, 1.165) is 0 Å². The number of nitrogens with zero attached hydrogens (tertiary/aromatic N) is 2. The second-order valence-electron chi connectivity index (χ2n) is 2.34. The van der Waals surface area contributed by atoms with Gasteiger partial charge in [0.05, 0.1) is 11.0 Å². The van der Waals surface area contributed by atoms with Crippen molar-refractivity contribution in [2.45, 2.75) is 4.83 Å². The van der Waals surface area contributed by atoms with Crippen LogP contribution < -0.4 is 0 Å². The minimum absolute atomic E-state index is 0.0291. The quantitative estimate of drug-likeness (QED) is 0.454. The Kier molecular flexibility index (Phi) is 2.98. The molecule has 0 spiro atoms. The van der Waals surface area contributed by atoms with Crippen LogP contribution >= 0.6 is 15.9 Å². The molecule has 1 unspecified atom stereocenters. The molecule has 0 heterocycles. The number of benzene rings is 1. The number of rotatable bonds is 2. The van der Waals surface area contributed by atoms with E-state index in [-0.39, 0.29) is 5.69 Å². The lowest BCUT2D eigenvalue weighted by atomic mass is 10.1. The SMILES string of the molecule is N#CC(Br)c1ccc([N+](=O)[O-])cc1.